The number of halogens is 4. The van der Waals surface area contributed by atoms with Gasteiger partial charge < -0.3 is 20.2 Å². The van der Waals surface area contributed by atoms with Gasteiger partial charge in [-0.2, -0.15) is 13.2 Å². The SMILES string of the molecule is CN(C)C1CCN(c2ccc3c(C(=O)NCC4(O)CCCC(C(F)(F)F)C4)c(Cl)ccc3n2)C1. The number of benzene rings is 1. The number of anilines is 1. The fourth-order valence-corrected chi connectivity index (χ4v) is 5.31. The highest BCUT2D eigenvalue weighted by Gasteiger charge is 2.47. The van der Waals surface area contributed by atoms with Gasteiger partial charge in [0.2, 0.25) is 0 Å². The zero-order chi connectivity index (χ0) is 24.7. The Balaban J connectivity index is 1.51. The normalized spacial score (nSPS) is 25.8. The Kier molecular flexibility index (Phi) is 6.99. The van der Waals surface area contributed by atoms with E-state index in [9.17, 15) is 23.1 Å². The van der Waals surface area contributed by atoms with Crippen LogP contribution in [0.5, 0.6) is 0 Å². The van der Waals surface area contributed by atoms with Crippen molar-refractivity contribution in [3.8, 4) is 0 Å². The van der Waals surface area contributed by atoms with Gasteiger partial charge in [-0.05, 0) is 70.5 Å². The summed E-state index contributed by atoms with van der Waals surface area (Å²) >= 11 is 6.34. The van der Waals surface area contributed by atoms with E-state index in [1.54, 1.807) is 18.2 Å². The van der Waals surface area contributed by atoms with Crippen molar-refractivity contribution < 1.29 is 23.1 Å². The van der Waals surface area contributed by atoms with E-state index in [1.165, 1.54) is 0 Å². The molecule has 0 spiro atoms. The molecule has 3 atom stereocenters. The number of aliphatic hydroxyl groups is 1. The van der Waals surface area contributed by atoms with Gasteiger partial charge in [-0.3, -0.25) is 4.79 Å². The van der Waals surface area contributed by atoms with Crippen molar-refractivity contribution in [2.24, 2.45) is 5.92 Å². The van der Waals surface area contributed by atoms with Gasteiger partial charge in [-0.1, -0.05) is 11.6 Å². The molecule has 1 aliphatic heterocycles. The molecule has 0 radical (unpaired) electrons. The first-order chi connectivity index (χ1) is 16.0. The minimum absolute atomic E-state index is 0.00474. The Bertz CT molecular complexity index is 1060. The Labute approximate surface area is 202 Å². The third-order valence-corrected chi connectivity index (χ3v) is 7.43. The van der Waals surface area contributed by atoms with Crippen LogP contribution in [0.15, 0.2) is 24.3 Å². The molecule has 0 bridgehead atoms. The van der Waals surface area contributed by atoms with E-state index in [0.717, 1.165) is 25.3 Å². The van der Waals surface area contributed by atoms with Gasteiger partial charge in [0.05, 0.1) is 27.6 Å². The Morgan fingerprint density at radius 1 is 1.29 bits per heavy atom. The fraction of sp³-hybridized carbons (Fsp3) is 0.583. The van der Waals surface area contributed by atoms with Gasteiger partial charge in [0.1, 0.15) is 5.82 Å². The highest BCUT2D eigenvalue weighted by molar-refractivity contribution is 6.35. The number of alkyl halides is 3. The number of rotatable bonds is 5. The van der Waals surface area contributed by atoms with Gasteiger partial charge in [-0.15, -0.1) is 0 Å². The molecule has 1 aromatic carbocycles. The molecule has 2 heterocycles. The number of carbonyl (C=O) groups excluding carboxylic acids is 1. The molecular weight excluding hydrogens is 469 g/mol. The molecule has 1 aliphatic carbocycles. The summed E-state index contributed by atoms with van der Waals surface area (Å²) in [6.07, 6.45) is -3.28. The molecular formula is C24H30ClF3N4O2. The van der Waals surface area contributed by atoms with Crippen molar-refractivity contribution >= 4 is 34.2 Å². The third kappa shape index (κ3) is 5.26. The van der Waals surface area contributed by atoms with Crippen LogP contribution in [0.2, 0.25) is 5.02 Å². The van der Waals surface area contributed by atoms with Gasteiger partial charge in [0.25, 0.3) is 5.91 Å². The molecule has 4 rings (SSSR count). The zero-order valence-corrected chi connectivity index (χ0v) is 20.1. The van der Waals surface area contributed by atoms with Crippen LogP contribution in [-0.2, 0) is 0 Å². The lowest BCUT2D eigenvalue weighted by atomic mass is 9.77. The van der Waals surface area contributed by atoms with Crippen LogP contribution in [-0.4, -0.2) is 72.4 Å². The van der Waals surface area contributed by atoms with E-state index < -0.39 is 30.0 Å². The number of nitrogens with zero attached hydrogens (tertiary/aromatic N) is 3. The predicted octanol–water partition coefficient (Wildman–Crippen LogP) is 4.24. The van der Waals surface area contributed by atoms with Gasteiger partial charge in [0.15, 0.2) is 0 Å². The van der Waals surface area contributed by atoms with Gasteiger partial charge >= 0.3 is 6.18 Å². The fourth-order valence-electron chi connectivity index (χ4n) is 5.06. The van der Waals surface area contributed by atoms with E-state index >= 15 is 0 Å². The van der Waals surface area contributed by atoms with Crippen LogP contribution in [0.3, 0.4) is 0 Å². The number of hydrogen-bond acceptors (Lipinski definition) is 5. The molecule has 34 heavy (non-hydrogen) atoms. The molecule has 2 fully saturated rings. The number of pyridine rings is 1. The van der Waals surface area contributed by atoms with E-state index in [0.29, 0.717) is 16.9 Å². The van der Waals surface area contributed by atoms with Crippen LogP contribution < -0.4 is 10.2 Å². The van der Waals surface area contributed by atoms with E-state index in [2.05, 4.69) is 29.2 Å². The summed E-state index contributed by atoms with van der Waals surface area (Å²) in [6, 6.07) is 7.45. The van der Waals surface area contributed by atoms with Crippen molar-refractivity contribution in [3.05, 3.63) is 34.9 Å². The summed E-state index contributed by atoms with van der Waals surface area (Å²) in [5, 5.41) is 14.1. The maximum Gasteiger partial charge on any atom is 0.391 e. The maximum atomic E-state index is 13.2. The summed E-state index contributed by atoms with van der Waals surface area (Å²) in [7, 11) is 4.12. The van der Waals surface area contributed by atoms with Crippen molar-refractivity contribution in [2.75, 3.05) is 38.6 Å². The molecule has 3 unspecified atom stereocenters. The summed E-state index contributed by atoms with van der Waals surface area (Å²) in [5.41, 5.74) is -0.790. The second-order valence-corrected chi connectivity index (χ2v) is 10.2. The highest BCUT2D eigenvalue weighted by atomic mass is 35.5. The summed E-state index contributed by atoms with van der Waals surface area (Å²) in [6.45, 7) is 1.49. The second-order valence-electron chi connectivity index (χ2n) is 9.75. The molecule has 1 saturated heterocycles. The number of carbonyl (C=O) groups is 1. The molecule has 2 aromatic rings. The summed E-state index contributed by atoms with van der Waals surface area (Å²) < 4.78 is 39.5. The van der Waals surface area contributed by atoms with E-state index in [-0.39, 0.29) is 36.4 Å². The molecule has 2 aliphatic rings. The van der Waals surface area contributed by atoms with E-state index in [4.69, 9.17) is 16.6 Å². The molecule has 1 aromatic heterocycles. The highest BCUT2D eigenvalue weighted by Crippen LogP contribution is 2.41. The second kappa shape index (κ2) is 9.51. The molecule has 1 saturated carbocycles. The quantitative estimate of drug-likeness (QED) is 0.645. The largest absolute Gasteiger partial charge is 0.391 e. The molecule has 6 nitrogen and oxygen atoms in total. The van der Waals surface area contributed by atoms with E-state index in [1.807, 2.05) is 6.07 Å². The lowest BCUT2D eigenvalue weighted by Crippen LogP contribution is -2.48. The minimum Gasteiger partial charge on any atom is -0.388 e. The summed E-state index contributed by atoms with van der Waals surface area (Å²) in [4.78, 5) is 22.2. The first-order valence-electron chi connectivity index (χ1n) is 11.5. The standard InChI is InChI=1S/C24H30ClF3N4O2/c1-31(2)16-9-11-32(13-16)20-8-5-17-19(30-20)7-6-18(25)21(17)22(33)29-14-23(34)10-3-4-15(12-23)24(26,27)28/h5-8,15-16,34H,3-4,9-14H2,1-2H3,(H,29,33). The molecule has 10 heteroatoms. The average Bonchev–Trinajstić information content (AvgIpc) is 3.27. The van der Waals surface area contributed by atoms with Gasteiger partial charge in [-0.25, -0.2) is 4.98 Å². The lowest BCUT2D eigenvalue weighted by Gasteiger charge is -2.37. The topological polar surface area (TPSA) is 68.7 Å². The average molecular weight is 499 g/mol. The van der Waals surface area contributed by atoms with Crippen LogP contribution in [0.1, 0.15) is 42.5 Å². The molecule has 2 N–H and O–H groups in total. The van der Waals surface area contributed by atoms with Crippen LogP contribution >= 0.6 is 11.6 Å². The lowest BCUT2D eigenvalue weighted by molar-refractivity contribution is -0.199. The van der Waals surface area contributed by atoms with Crippen molar-refractivity contribution in [3.63, 3.8) is 0 Å². The summed E-state index contributed by atoms with van der Waals surface area (Å²) in [5.74, 6) is -1.29. The number of fused-ring (bicyclic) bond motifs is 1. The first-order valence-corrected chi connectivity index (χ1v) is 11.9. The smallest absolute Gasteiger partial charge is 0.388 e. The Hall–Kier alpha value is -2.10. The van der Waals surface area contributed by atoms with Crippen LogP contribution in [0, 0.1) is 5.92 Å². The Morgan fingerprint density at radius 3 is 2.74 bits per heavy atom. The monoisotopic (exact) mass is 498 g/mol. The predicted molar refractivity (Wildman–Crippen MR) is 126 cm³/mol. The first kappa shape index (κ1) is 25.0. The third-order valence-electron chi connectivity index (χ3n) is 7.11. The number of likely N-dealkylation sites (N-methyl/N-ethyl adjacent to an activating group) is 1. The zero-order valence-electron chi connectivity index (χ0n) is 19.3. The Morgan fingerprint density at radius 2 is 2.06 bits per heavy atom. The number of nitrogens with one attached hydrogen (secondary N) is 1. The number of aromatic nitrogens is 1. The van der Waals surface area contributed by atoms with Crippen molar-refractivity contribution in [1.82, 2.24) is 15.2 Å². The van der Waals surface area contributed by atoms with Crippen LogP contribution in [0.4, 0.5) is 19.0 Å². The number of amides is 1. The molecule has 1 amide bonds. The van der Waals surface area contributed by atoms with Gasteiger partial charge in [0, 0.05) is 31.1 Å². The van der Waals surface area contributed by atoms with Crippen LogP contribution in [0.25, 0.3) is 10.9 Å². The van der Waals surface area contributed by atoms with Crippen molar-refractivity contribution in [1.29, 1.82) is 0 Å². The minimum atomic E-state index is -4.36. The van der Waals surface area contributed by atoms with Crippen molar-refractivity contribution in [2.45, 2.75) is 49.9 Å². The maximum absolute atomic E-state index is 13.2. The molecule has 186 valence electrons. The number of hydrogen-bond donors (Lipinski definition) is 2.